The maximum Gasteiger partial charge on any atom is 0.289 e. The zero-order chi connectivity index (χ0) is 12.4. The van der Waals surface area contributed by atoms with Gasteiger partial charge in [0.2, 0.25) is 5.76 Å². The smallest absolute Gasteiger partial charge is 0.289 e. The fourth-order valence-electron chi connectivity index (χ4n) is 2.23. The second-order valence-corrected chi connectivity index (χ2v) is 4.76. The van der Waals surface area contributed by atoms with Gasteiger partial charge < -0.3 is 15.5 Å². The van der Waals surface area contributed by atoms with E-state index in [2.05, 4.69) is 10.3 Å². The van der Waals surface area contributed by atoms with Crippen LogP contribution in [0.5, 0.6) is 0 Å². The topological polar surface area (TPSA) is 81.2 Å². The van der Waals surface area contributed by atoms with Crippen LogP contribution in [-0.2, 0) is 0 Å². The van der Waals surface area contributed by atoms with Crippen molar-refractivity contribution in [2.75, 3.05) is 0 Å². The summed E-state index contributed by atoms with van der Waals surface area (Å²) in [5.41, 5.74) is 6.25. The fourth-order valence-corrected chi connectivity index (χ4v) is 2.51. The summed E-state index contributed by atoms with van der Waals surface area (Å²) in [6.45, 7) is 1.73. The Hall–Kier alpha value is -1.43. The van der Waals surface area contributed by atoms with Gasteiger partial charge in [-0.15, -0.1) is 0 Å². The van der Waals surface area contributed by atoms with E-state index in [0.29, 0.717) is 10.7 Å². The average Bonchev–Trinajstić information content (AvgIpc) is 2.86. The van der Waals surface area contributed by atoms with Gasteiger partial charge in [-0.05, 0) is 19.8 Å². The quantitative estimate of drug-likeness (QED) is 0.790. The first-order chi connectivity index (χ1) is 8.09. The Labute approximate surface area is 105 Å². The van der Waals surface area contributed by atoms with E-state index in [0.717, 1.165) is 19.3 Å². The lowest BCUT2D eigenvalue weighted by molar-refractivity contribution is 0.0905. The molecule has 1 fully saturated rings. The molecule has 17 heavy (non-hydrogen) atoms. The van der Waals surface area contributed by atoms with Crippen LogP contribution in [0.2, 0.25) is 0 Å². The third kappa shape index (κ3) is 2.46. The van der Waals surface area contributed by atoms with Crippen molar-refractivity contribution in [3.8, 4) is 0 Å². The number of rotatable bonds is 3. The molecule has 0 radical (unpaired) electrons. The highest BCUT2D eigenvalue weighted by atomic mass is 32.1. The molecular weight excluding hydrogens is 238 g/mol. The maximum absolute atomic E-state index is 11.9. The van der Waals surface area contributed by atoms with Gasteiger partial charge in [0.1, 0.15) is 0 Å². The molecule has 2 unspecified atom stereocenters. The van der Waals surface area contributed by atoms with Crippen LogP contribution in [0.25, 0.3) is 0 Å². The highest BCUT2D eigenvalue weighted by Gasteiger charge is 2.31. The molecule has 1 aliphatic carbocycles. The third-order valence-corrected chi connectivity index (χ3v) is 3.45. The Morgan fingerprint density at radius 1 is 1.65 bits per heavy atom. The Balaban J connectivity index is 2.04. The van der Waals surface area contributed by atoms with Crippen LogP contribution in [0.15, 0.2) is 10.8 Å². The van der Waals surface area contributed by atoms with Gasteiger partial charge in [0.15, 0.2) is 6.39 Å². The van der Waals surface area contributed by atoms with Gasteiger partial charge in [-0.3, -0.25) is 4.79 Å². The Morgan fingerprint density at radius 2 is 2.41 bits per heavy atom. The molecule has 0 spiro atoms. The molecule has 2 atom stereocenters. The number of carbonyl (C=O) groups excluding carboxylic acids is 1. The molecule has 1 aliphatic rings. The number of nitrogens with two attached hydrogens (primary N) is 1. The van der Waals surface area contributed by atoms with Crippen molar-refractivity contribution in [2.24, 2.45) is 11.7 Å². The number of nitrogens with zero attached hydrogens (tertiary/aromatic N) is 1. The molecule has 1 aromatic heterocycles. The lowest BCUT2D eigenvalue weighted by Crippen LogP contribution is -2.41. The van der Waals surface area contributed by atoms with Gasteiger partial charge in [0, 0.05) is 12.0 Å². The first-order valence-electron chi connectivity index (χ1n) is 5.60. The van der Waals surface area contributed by atoms with Gasteiger partial charge in [-0.1, -0.05) is 18.6 Å². The van der Waals surface area contributed by atoms with Crippen molar-refractivity contribution in [1.29, 1.82) is 0 Å². The summed E-state index contributed by atoms with van der Waals surface area (Å²) < 4.78 is 5.04. The monoisotopic (exact) mass is 253 g/mol. The SMILES string of the molecule is Cc1ncoc1C(=O)NC1CCCC1C(N)=S. The zero-order valence-electron chi connectivity index (χ0n) is 9.60. The van der Waals surface area contributed by atoms with Crippen LogP contribution >= 0.6 is 12.2 Å². The number of aromatic nitrogens is 1. The van der Waals surface area contributed by atoms with E-state index in [9.17, 15) is 4.79 Å². The van der Waals surface area contributed by atoms with E-state index < -0.39 is 0 Å². The Kier molecular flexibility index (Phi) is 3.42. The minimum atomic E-state index is -0.242. The molecule has 0 saturated heterocycles. The molecule has 92 valence electrons. The average molecular weight is 253 g/mol. The van der Waals surface area contributed by atoms with Crippen LogP contribution in [-0.4, -0.2) is 21.9 Å². The van der Waals surface area contributed by atoms with E-state index in [-0.39, 0.29) is 23.6 Å². The van der Waals surface area contributed by atoms with Crippen molar-refractivity contribution >= 4 is 23.1 Å². The number of nitrogens with one attached hydrogen (secondary N) is 1. The van der Waals surface area contributed by atoms with Gasteiger partial charge in [0.25, 0.3) is 5.91 Å². The number of carbonyl (C=O) groups is 1. The second-order valence-electron chi connectivity index (χ2n) is 4.29. The predicted octanol–water partition coefficient (Wildman–Crippen LogP) is 1.17. The molecule has 0 bridgehead atoms. The largest absolute Gasteiger partial charge is 0.438 e. The van der Waals surface area contributed by atoms with E-state index in [1.54, 1.807) is 6.92 Å². The zero-order valence-corrected chi connectivity index (χ0v) is 10.4. The van der Waals surface area contributed by atoms with Crippen molar-refractivity contribution in [3.05, 3.63) is 17.8 Å². The summed E-state index contributed by atoms with van der Waals surface area (Å²) in [5.74, 6) is 0.115. The van der Waals surface area contributed by atoms with Crippen molar-refractivity contribution in [1.82, 2.24) is 10.3 Å². The van der Waals surface area contributed by atoms with Crippen molar-refractivity contribution < 1.29 is 9.21 Å². The number of amides is 1. The molecule has 1 saturated carbocycles. The fraction of sp³-hybridized carbons (Fsp3) is 0.545. The van der Waals surface area contributed by atoms with E-state index in [1.165, 1.54) is 6.39 Å². The van der Waals surface area contributed by atoms with E-state index >= 15 is 0 Å². The van der Waals surface area contributed by atoms with Crippen LogP contribution in [0.3, 0.4) is 0 Å². The summed E-state index contributed by atoms with van der Waals surface area (Å²) in [7, 11) is 0. The Morgan fingerprint density at radius 3 is 3.00 bits per heavy atom. The first-order valence-corrected chi connectivity index (χ1v) is 6.00. The lowest BCUT2D eigenvalue weighted by Gasteiger charge is -2.19. The van der Waals surface area contributed by atoms with Crippen molar-refractivity contribution in [2.45, 2.75) is 32.2 Å². The molecule has 2 rings (SSSR count). The van der Waals surface area contributed by atoms with Crippen LogP contribution in [0.1, 0.15) is 35.5 Å². The summed E-state index contributed by atoms with van der Waals surface area (Å²) in [5, 5.41) is 2.91. The van der Waals surface area contributed by atoms with Crippen LogP contribution < -0.4 is 11.1 Å². The number of aryl methyl sites for hydroxylation is 1. The summed E-state index contributed by atoms with van der Waals surface area (Å²) >= 11 is 5.00. The molecule has 1 aromatic rings. The normalized spacial score (nSPS) is 23.6. The molecule has 1 amide bonds. The standard InChI is InChI=1S/C11H15N3O2S/c1-6-9(16-5-13-6)11(15)14-8-4-2-3-7(8)10(12)17/h5,7-8H,2-4H2,1H3,(H2,12,17)(H,14,15). The van der Waals surface area contributed by atoms with Crippen LogP contribution in [0.4, 0.5) is 0 Å². The van der Waals surface area contributed by atoms with Crippen molar-refractivity contribution in [3.63, 3.8) is 0 Å². The third-order valence-electron chi connectivity index (χ3n) is 3.15. The minimum absolute atomic E-state index is 0.0181. The maximum atomic E-state index is 11.9. The molecule has 1 heterocycles. The summed E-state index contributed by atoms with van der Waals surface area (Å²) in [4.78, 5) is 16.3. The Bertz CT molecular complexity index is 444. The highest BCUT2D eigenvalue weighted by Crippen LogP contribution is 2.26. The number of thiocarbonyl (C=S) groups is 1. The molecule has 0 aliphatic heterocycles. The lowest BCUT2D eigenvalue weighted by atomic mass is 10.0. The van der Waals surface area contributed by atoms with Gasteiger partial charge >= 0.3 is 0 Å². The van der Waals surface area contributed by atoms with Gasteiger partial charge in [-0.25, -0.2) is 4.98 Å². The second kappa shape index (κ2) is 4.83. The number of hydrogen-bond acceptors (Lipinski definition) is 4. The predicted molar refractivity (Wildman–Crippen MR) is 66.6 cm³/mol. The van der Waals surface area contributed by atoms with Crippen LogP contribution in [0, 0.1) is 12.8 Å². The molecular formula is C11H15N3O2S. The number of oxazole rings is 1. The minimum Gasteiger partial charge on any atom is -0.438 e. The molecule has 3 N–H and O–H groups in total. The molecule has 5 nitrogen and oxygen atoms in total. The molecule has 0 aromatic carbocycles. The van der Waals surface area contributed by atoms with Gasteiger partial charge in [0.05, 0.1) is 10.7 Å². The highest BCUT2D eigenvalue weighted by molar-refractivity contribution is 7.80. The first kappa shape index (κ1) is 12.0. The molecule has 6 heteroatoms. The van der Waals surface area contributed by atoms with Gasteiger partial charge in [-0.2, -0.15) is 0 Å². The van der Waals surface area contributed by atoms with E-state index in [1.807, 2.05) is 0 Å². The number of hydrogen-bond donors (Lipinski definition) is 2. The summed E-state index contributed by atoms with van der Waals surface area (Å²) in [6.07, 6.45) is 4.14. The summed E-state index contributed by atoms with van der Waals surface area (Å²) in [6, 6.07) is 0.0181. The van der Waals surface area contributed by atoms with E-state index in [4.69, 9.17) is 22.4 Å².